The van der Waals surface area contributed by atoms with E-state index in [9.17, 15) is 9.59 Å². The Kier molecular flexibility index (Phi) is 7.86. The molecule has 30 heavy (non-hydrogen) atoms. The maximum Gasteiger partial charge on any atom is 0.251 e. The van der Waals surface area contributed by atoms with Crippen molar-refractivity contribution in [3.8, 4) is 5.75 Å². The molecule has 158 valence electrons. The zero-order valence-corrected chi connectivity index (χ0v) is 16.9. The molecule has 0 spiro atoms. The van der Waals surface area contributed by atoms with Gasteiger partial charge >= 0.3 is 0 Å². The van der Waals surface area contributed by atoms with Crippen LogP contribution in [0.3, 0.4) is 0 Å². The van der Waals surface area contributed by atoms with Gasteiger partial charge in [-0.3, -0.25) is 9.59 Å². The van der Waals surface area contributed by atoms with E-state index < -0.39 is 0 Å². The normalized spacial score (nSPS) is 15.3. The predicted molar refractivity (Wildman–Crippen MR) is 117 cm³/mol. The molecule has 1 aliphatic rings. The Morgan fingerprint density at radius 3 is 2.73 bits per heavy atom. The summed E-state index contributed by atoms with van der Waals surface area (Å²) in [7, 11) is 0. The summed E-state index contributed by atoms with van der Waals surface area (Å²) in [6.45, 7) is 5.42. The molecule has 0 radical (unpaired) electrons. The second kappa shape index (κ2) is 11.0. The van der Waals surface area contributed by atoms with E-state index in [0.29, 0.717) is 30.2 Å². The molecule has 1 unspecified atom stereocenters. The van der Waals surface area contributed by atoms with Crippen molar-refractivity contribution < 1.29 is 19.1 Å². The molecule has 3 N–H and O–H groups in total. The Bertz CT molecular complexity index is 861. The Balaban J connectivity index is 1.43. The van der Waals surface area contributed by atoms with Crippen molar-refractivity contribution in [3.05, 3.63) is 66.7 Å². The molecular formula is C23H27N3O4. The van der Waals surface area contributed by atoms with Crippen molar-refractivity contribution in [1.29, 1.82) is 0 Å². The SMILES string of the molecule is C=CCOc1cccc(NCC(=O)Nc2ccc(C(=O)NCC3CCCO3)cc2)c1. The third-order valence-corrected chi connectivity index (χ3v) is 4.60. The van der Waals surface area contributed by atoms with Crippen molar-refractivity contribution in [2.45, 2.75) is 18.9 Å². The van der Waals surface area contributed by atoms with Crippen LogP contribution in [0.4, 0.5) is 11.4 Å². The van der Waals surface area contributed by atoms with E-state index in [1.165, 1.54) is 0 Å². The lowest BCUT2D eigenvalue weighted by molar-refractivity contribution is -0.114. The molecule has 1 atom stereocenters. The molecular weight excluding hydrogens is 382 g/mol. The summed E-state index contributed by atoms with van der Waals surface area (Å²) < 4.78 is 11.0. The molecule has 3 rings (SSSR count). The molecule has 2 amide bonds. The Hall–Kier alpha value is -3.32. The maximum absolute atomic E-state index is 12.2. The molecule has 1 fully saturated rings. The number of carbonyl (C=O) groups is 2. The van der Waals surface area contributed by atoms with Crippen LogP contribution < -0.4 is 20.7 Å². The van der Waals surface area contributed by atoms with Crippen LogP contribution in [-0.2, 0) is 9.53 Å². The first-order valence-electron chi connectivity index (χ1n) is 10.0. The molecule has 2 aromatic rings. The van der Waals surface area contributed by atoms with Crippen molar-refractivity contribution in [3.63, 3.8) is 0 Å². The summed E-state index contributed by atoms with van der Waals surface area (Å²) in [6.07, 6.45) is 3.80. The van der Waals surface area contributed by atoms with E-state index in [1.54, 1.807) is 30.3 Å². The lowest BCUT2D eigenvalue weighted by Crippen LogP contribution is -2.31. The lowest BCUT2D eigenvalue weighted by Gasteiger charge is -2.11. The average Bonchev–Trinajstić information content (AvgIpc) is 3.29. The molecule has 2 aromatic carbocycles. The van der Waals surface area contributed by atoms with E-state index in [-0.39, 0.29) is 24.5 Å². The van der Waals surface area contributed by atoms with Gasteiger partial charge in [0.15, 0.2) is 0 Å². The van der Waals surface area contributed by atoms with Gasteiger partial charge in [0.1, 0.15) is 12.4 Å². The largest absolute Gasteiger partial charge is 0.489 e. The van der Waals surface area contributed by atoms with Crippen LogP contribution in [0.1, 0.15) is 23.2 Å². The van der Waals surface area contributed by atoms with Gasteiger partial charge in [-0.1, -0.05) is 18.7 Å². The number of nitrogens with one attached hydrogen (secondary N) is 3. The van der Waals surface area contributed by atoms with Crippen LogP contribution in [0.2, 0.25) is 0 Å². The fourth-order valence-electron chi connectivity index (χ4n) is 3.06. The lowest BCUT2D eigenvalue weighted by atomic mass is 10.2. The number of hydrogen-bond acceptors (Lipinski definition) is 5. The van der Waals surface area contributed by atoms with Crippen molar-refractivity contribution in [1.82, 2.24) is 5.32 Å². The Morgan fingerprint density at radius 2 is 2.00 bits per heavy atom. The number of amides is 2. The minimum Gasteiger partial charge on any atom is -0.489 e. The highest BCUT2D eigenvalue weighted by Gasteiger charge is 2.16. The number of rotatable bonds is 10. The van der Waals surface area contributed by atoms with Crippen LogP contribution in [-0.4, -0.2) is 44.2 Å². The highest BCUT2D eigenvalue weighted by molar-refractivity contribution is 5.96. The number of hydrogen-bond donors (Lipinski definition) is 3. The molecule has 0 saturated carbocycles. The molecule has 0 aromatic heterocycles. The summed E-state index contributed by atoms with van der Waals surface area (Å²) in [5, 5.41) is 8.75. The number of carbonyl (C=O) groups excluding carboxylic acids is 2. The zero-order chi connectivity index (χ0) is 21.2. The van der Waals surface area contributed by atoms with Gasteiger partial charge in [-0.25, -0.2) is 0 Å². The summed E-state index contributed by atoms with van der Waals surface area (Å²) in [4.78, 5) is 24.4. The molecule has 1 saturated heterocycles. The Morgan fingerprint density at radius 1 is 1.17 bits per heavy atom. The van der Waals surface area contributed by atoms with Gasteiger partial charge in [0.25, 0.3) is 5.91 Å². The standard InChI is InChI=1S/C23H27N3O4/c1-2-12-29-20-6-3-5-19(14-20)24-16-22(27)26-18-10-8-17(9-11-18)23(28)25-15-21-7-4-13-30-21/h2-3,5-6,8-11,14,21,24H,1,4,7,12-13,15-16H2,(H,25,28)(H,26,27). The second-order valence-electron chi connectivity index (χ2n) is 6.95. The van der Waals surface area contributed by atoms with Crippen molar-refractivity contribution in [2.24, 2.45) is 0 Å². The smallest absolute Gasteiger partial charge is 0.251 e. The van der Waals surface area contributed by atoms with Gasteiger partial charge in [0.2, 0.25) is 5.91 Å². The molecule has 0 aliphatic carbocycles. The van der Waals surface area contributed by atoms with Gasteiger partial charge in [-0.15, -0.1) is 0 Å². The predicted octanol–water partition coefficient (Wildman–Crippen LogP) is 3.21. The van der Waals surface area contributed by atoms with Gasteiger partial charge in [0, 0.05) is 36.2 Å². The second-order valence-corrected chi connectivity index (χ2v) is 6.95. The first kappa shape index (κ1) is 21.4. The van der Waals surface area contributed by atoms with Gasteiger partial charge in [0.05, 0.1) is 12.6 Å². The molecule has 7 heteroatoms. The summed E-state index contributed by atoms with van der Waals surface area (Å²) >= 11 is 0. The third kappa shape index (κ3) is 6.63. The molecule has 0 bridgehead atoms. The van der Waals surface area contributed by atoms with Crippen LogP contribution in [0.15, 0.2) is 61.2 Å². The van der Waals surface area contributed by atoms with E-state index in [1.807, 2.05) is 24.3 Å². The highest BCUT2D eigenvalue weighted by Crippen LogP contribution is 2.17. The van der Waals surface area contributed by atoms with E-state index >= 15 is 0 Å². The van der Waals surface area contributed by atoms with E-state index in [4.69, 9.17) is 9.47 Å². The van der Waals surface area contributed by atoms with Crippen LogP contribution in [0.5, 0.6) is 5.75 Å². The van der Waals surface area contributed by atoms with Crippen LogP contribution in [0.25, 0.3) is 0 Å². The third-order valence-electron chi connectivity index (χ3n) is 4.60. The maximum atomic E-state index is 12.2. The first-order valence-corrected chi connectivity index (χ1v) is 10.0. The molecule has 1 aliphatic heterocycles. The van der Waals surface area contributed by atoms with Gasteiger partial charge in [-0.2, -0.15) is 0 Å². The minimum absolute atomic E-state index is 0.106. The fourth-order valence-corrected chi connectivity index (χ4v) is 3.06. The Labute approximate surface area is 176 Å². The summed E-state index contributed by atoms with van der Waals surface area (Å²) in [5.74, 6) is 0.361. The number of anilines is 2. The van der Waals surface area contributed by atoms with Gasteiger partial charge in [-0.05, 0) is 49.2 Å². The van der Waals surface area contributed by atoms with Crippen LogP contribution >= 0.6 is 0 Å². The highest BCUT2D eigenvalue weighted by atomic mass is 16.5. The van der Waals surface area contributed by atoms with E-state index in [2.05, 4.69) is 22.5 Å². The minimum atomic E-state index is -0.192. The fraction of sp³-hybridized carbons (Fsp3) is 0.304. The number of benzene rings is 2. The average molecular weight is 409 g/mol. The summed E-state index contributed by atoms with van der Waals surface area (Å²) in [5.41, 5.74) is 1.95. The molecule has 7 nitrogen and oxygen atoms in total. The first-order chi connectivity index (χ1) is 14.6. The quantitative estimate of drug-likeness (QED) is 0.525. The monoisotopic (exact) mass is 409 g/mol. The van der Waals surface area contributed by atoms with Gasteiger partial charge < -0.3 is 25.4 Å². The zero-order valence-electron chi connectivity index (χ0n) is 16.9. The number of ether oxygens (including phenoxy) is 2. The summed E-state index contributed by atoms with van der Waals surface area (Å²) in [6, 6.07) is 14.2. The van der Waals surface area contributed by atoms with Crippen molar-refractivity contribution >= 4 is 23.2 Å². The van der Waals surface area contributed by atoms with E-state index in [0.717, 1.165) is 25.1 Å². The topological polar surface area (TPSA) is 88.7 Å². The molecule has 1 heterocycles. The van der Waals surface area contributed by atoms with Crippen LogP contribution in [0, 0.1) is 0 Å². The van der Waals surface area contributed by atoms with Crippen molar-refractivity contribution in [2.75, 3.05) is 36.9 Å².